The van der Waals surface area contributed by atoms with Crippen molar-refractivity contribution in [2.24, 2.45) is 0 Å². The highest BCUT2D eigenvalue weighted by Crippen LogP contribution is 2.29. The van der Waals surface area contributed by atoms with Crippen molar-refractivity contribution in [3.8, 4) is 0 Å². The van der Waals surface area contributed by atoms with E-state index in [-0.39, 0.29) is 24.8 Å². The second-order valence-electron chi connectivity index (χ2n) is 8.76. The molecule has 2 heterocycles. The summed E-state index contributed by atoms with van der Waals surface area (Å²) in [5.74, 6) is -0.367. The minimum atomic E-state index is -0.667. The van der Waals surface area contributed by atoms with Crippen LogP contribution in [0.1, 0.15) is 44.6 Å². The molecule has 2 aromatic heterocycles. The maximum absolute atomic E-state index is 13.5. The second-order valence-corrected chi connectivity index (χ2v) is 8.76. The van der Waals surface area contributed by atoms with Crippen LogP contribution in [0.15, 0.2) is 36.5 Å². The van der Waals surface area contributed by atoms with Crippen LogP contribution >= 0.6 is 12.4 Å². The highest BCUT2D eigenvalue weighted by atomic mass is 35.5. The molecule has 0 N–H and O–H groups in total. The molecule has 33 heavy (non-hydrogen) atoms. The fraction of sp³-hybridized carbons (Fsp3) is 0.440. The van der Waals surface area contributed by atoms with E-state index in [4.69, 9.17) is 9.47 Å². The van der Waals surface area contributed by atoms with Gasteiger partial charge in [-0.2, -0.15) is 0 Å². The maximum atomic E-state index is 13.5. The number of pyridine rings is 1. The molecule has 0 unspecified atom stereocenters. The minimum absolute atomic E-state index is 0. The molecular formula is C25H33ClFN3O3. The first-order chi connectivity index (χ1) is 15.1. The Morgan fingerprint density at radius 2 is 1.82 bits per heavy atom. The number of rotatable bonds is 7. The Balaban J connectivity index is 0.00000385. The van der Waals surface area contributed by atoms with Crippen LogP contribution in [0.4, 0.5) is 14.9 Å². The summed E-state index contributed by atoms with van der Waals surface area (Å²) in [4.78, 5) is 19.2. The van der Waals surface area contributed by atoms with E-state index in [1.165, 1.54) is 22.6 Å². The average molecular weight is 478 g/mol. The zero-order chi connectivity index (χ0) is 23.5. The third-order valence-corrected chi connectivity index (χ3v) is 5.34. The van der Waals surface area contributed by atoms with Gasteiger partial charge in [0.15, 0.2) is 0 Å². The van der Waals surface area contributed by atoms with E-state index in [9.17, 15) is 9.18 Å². The Labute approximate surface area is 201 Å². The lowest BCUT2D eigenvalue weighted by Crippen LogP contribution is -2.36. The third-order valence-electron chi connectivity index (χ3n) is 5.34. The fourth-order valence-electron chi connectivity index (χ4n) is 3.71. The van der Waals surface area contributed by atoms with Crippen molar-refractivity contribution in [2.75, 3.05) is 18.1 Å². The molecule has 0 saturated heterocycles. The molecule has 0 aliphatic heterocycles. The number of anilines is 1. The molecule has 0 aliphatic rings. The normalized spacial score (nSPS) is 11.4. The zero-order valence-corrected chi connectivity index (χ0v) is 21.0. The van der Waals surface area contributed by atoms with Gasteiger partial charge in [0.1, 0.15) is 11.4 Å². The molecule has 8 heteroatoms. The first-order valence-corrected chi connectivity index (χ1v) is 10.9. The van der Waals surface area contributed by atoms with Crippen LogP contribution < -0.4 is 4.90 Å². The number of hydrogen-bond donors (Lipinski definition) is 0. The van der Waals surface area contributed by atoms with E-state index >= 15 is 0 Å². The van der Waals surface area contributed by atoms with Crippen molar-refractivity contribution in [3.63, 3.8) is 0 Å². The standard InChI is InChI=1S/C25H32FN3O3.ClH/c1-7-31-15-14-28-18(3)17(2)21-12-13-27-22(23(21)28)16-29(24(30)32-25(4,5)6)20-10-8-19(26)9-11-20;/h8-13H,7,14-16H2,1-6H3;1H. The number of aromatic nitrogens is 2. The van der Waals surface area contributed by atoms with Crippen LogP contribution in [0.3, 0.4) is 0 Å². The largest absolute Gasteiger partial charge is 0.443 e. The van der Waals surface area contributed by atoms with Crippen molar-refractivity contribution in [1.29, 1.82) is 0 Å². The average Bonchev–Trinajstić information content (AvgIpc) is 2.97. The van der Waals surface area contributed by atoms with E-state index < -0.39 is 11.7 Å². The smallest absolute Gasteiger partial charge is 0.415 e. The number of benzene rings is 1. The Kier molecular flexibility index (Phi) is 8.86. The summed E-state index contributed by atoms with van der Waals surface area (Å²) in [5.41, 5.74) is 3.90. The molecule has 0 saturated carbocycles. The molecule has 0 bridgehead atoms. The summed E-state index contributed by atoms with van der Waals surface area (Å²) in [6.45, 7) is 13.7. The van der Waals surface area contributed by atoms with E-state index in [2.05, 4.69) is 23.4 Å². The lowest BCUT2D eigenvalue weighted by atomic mass is 10.1. The molecule has 180 valence electrons. The maximum Gasteiger partial charge on any atom is 0.415 e. The summed E-state index contributed by atoms with van der Waals surface area (Å²) in [5, 5.41) is 1.09. The SMILES string of the molecule is CCOCCn1c(C)c(C)c2ccnc(CN(C(=O)OC(C)(C)C)c3ccc(F)cc3)c21.Cl. The van der Waals surface area contributed by atoms with Gasteiger partial charge in [0.25, 0.3) is 0 Å². The monoisotopic (exact) mass is 477 g/mol. The van der Waals surface area contributed by atoms with E-state index in [1.807, 2.05) is 33.8 Å². The molecule has 0 aliphatic carbocycles. The molecule has 3 rings (SSSR count). The summed E-state index contributed by atoms with van der Waals surface area (Å²) in [6.07, 6.45) is 1.25. The van der Waals surface area contributed by atoms with Crippen LogP contribution in [0.5, 0.6) is 0 Å². The van der Waals surface area contributed by atoms with Crippen LogP contribution in [0, 0.1) is 19.7 Å². The number of hydrogen-bond acceptors (Lipinski definition) is 4. The van der Waals surface area contributed by atoms with E-state index in [0.717, 1.165) is 22.3 Å². The quantitative estimate of drug-likeness (QED) is 0.380. The fourth-order valence-corrected chi connectivity index (χ4v) is 3.71. The number of halogens is 2. The van der Waals surface area contributed by atoms with Crippen LogP contribution in [0.2, 0.25) is 0 Å². The lowest BCUT2D eigenvalue weighted by molar-refractivity contribution is 0.0577. The van der Waals surface area contributed by atoms with Crippen molar-refractivity contribution < 1.29 is 18.7 Å². The third kappa shape index (κ3) is 6.24. The molecule has 1 amide bonds. The summed E-state index contributed by atoms with van der Waals surface area (Å²) in [6, 6.07) is 7.81. The van der Waals surface area contributed by atoms with Gasteiger partial charge >= 0.3 is 6.09 Å². The molecular weight excluding hydrogens is 445 g/mol. The molecule has 0 spiro atoms. The van der Waals surface area contributed by atoms with Gasteiger partial charge in [0.2, 0.25) is 0 Å². The van der Waals surface area contributed by atoms with Gasteiger partial charge in [-0.1, -0.05) is 0 Å². The predicted molar refractivity (Wildman–Crippen MR) is 132 cm³/mol. The predicted octanol–water partition coefficient (Wildman–Crippen LogP) is 6.19. The number of carbonyl (C=O) groups excluding carboxylic acids is 1. The molecule has 6 nitrogen and oxygen atoms in total. The summed E-state index contributed by atoms with van der Waals surface area (Å²) in [7, 11) is 0. The Hall–Kier alpha value is -2.64. The number of amides is 1. The second kappa shape index (κ2) is 11.0. The van der Waals surface area contributed by atoms with Crippen molar-refractivity contribution in [2.45, 2.75) is 60.2 Å². The summed E-state index contributed by atoms with van der Waals surface area (Å²) >= 11 is 0. The highest BCUT2D eigenvalue weighted by molar-refractivity contribution is 5.91. The van der Waals surface area contributed by atoms with Crippen LogP contribution in [-0.2, 0) is 22.6 Å². The molecule has 0 radical (unpaired) electrons. The summed E-state index contributed by atoms with van der Waals surface area (Å²) < 4.78 is 27.0. The van der Waals surface area contributed by atoms with Crippen molar-refractivity contribution >= 4 is 35.1 Å². The Bertz CT molecular complexity index is 1090. The van der Waals surface area contributed by atoms with Gasteiger partial charge in [-0.3, -0.25) is 9.88 Å². The number of aryl methyl sites for hydroxylation is 1. The van der Waals surface area contributed by atoms with Crippen LogP contribution in [0.25, 0.3) is 10.9 Å². The lowest BCUT2D eigenvalue weighted by Gasteiger charge is -2.27. The van der Waals surface area contributed by atoms with Gasteiger partial charge in [-0.15, -0.1) is 12.4 Å². The number of carbonyl (C=O) groups is 1. The number of ether oxygens (including phenoxy) is 2. The van der Waals surface area contributed by atoms with Gasteiger partial charge in [-0.25, -0.2) is 9.18 Å². The van der Waals surface area contributed by atoms with Crippen molar-refractivity contribution in [3.05, 3.63) is 59.3 Å². The molecule has 0 atom stereocenters. The van der Waals surface area contributed by atoms with Crippen molar-refractivity contribution in [1.82, 2.24) is 9.55 Å². The topological polar surface area (TPSA) is 56.6 Å². The van der Waals surface area contributed by atoms with Crippen LogP contribution in [-0.4, -0.2) is 34.5 Å². The van der Waals surface area contributed by atoms with E-state index in [1.54, 1.807) is 18.3 Å². The first-order valence-electron chi connectivity index (χ1n) is 10.9. The Morgan fingerprint density at radius 3 is 2.42 bits per heavy atom. The van der Waals surface area contributed by atoms with Gasteiger partial charge in [0, 0.05) is 36.1 Å². The Morgan fingerprint density at radius 1 is 1.15 bits per heavy atom. The number of fused-ring (bicyclic) bond motifs is 1. The van der Waals surface area contributed by atoms with Gasteiger partial charge in [0.05, 0.1) is 24.4 Å². The van der Waals surface area contributed by atoms with E-state index in [0.29, 0.717) is 25.4 Å². The van der Waals surface area contributed by atoms with Gasteiger partial charge < -0.3 is 14.0 Å². The molecule has 0 fully saturated rings. The molecule has 1 aromatic carbocycles. The molecule has 3 aromatic rings. The first kappa shape index (κ1) is 26.6. The van der Waals surface area contributed by atoms with Gasteiger partial charge in [-0.05, 0) is 77.4 Å². The highest BCUT2D eigenvalue weighted by Gasteiger charge is 2.26. The minimum Gasteiger partial charge on any atom is -0.443 e. The number of nitrogens with zero attached hydrogens (tertiary/aromatic N) is 3. The zero-order valence-electron chi connectivity index (χ0n) is 20.1.